The van der Waals surface area contributed by atoms with Crippen LogP contribution in [0.3, 0.4) is 0 Å². The SMILES string of the molecule is CC(C(=O)N1CCN(c2ccccc2)CC1)N1CCN(CC(=O)Nc2ccccc2Cl)CC1. The van der Waals surface area contributed by atoms with Crippen LogP contribution in [-0.4, -0.2) is 91.5 Å². The summed E-state index contributed by atoms with van der Waals surface area (Å²) in [5.74, 6) is 0.129. The molecule has 0 aromatic heterocycles. The van der Waals surface area contributed by atoms with Gasteiger partial charge in [0.15, 0.2) is 0 Å². The molecule has 1 N–H and O–H groups in total. The van der Waals surface area contributed by atoms with Crippen LogP contribution in [-0.2, 0) is 9.59 Å². The van der Waals surface area contributed by atoms with Gasteiger partial charge < -0.3 is 15.1 Å². The van der Waals surface area contributed by atoms with Crippen LogP contribution in [0.1, 0.15) is 6.92 Å². The highest BCUT2D eigenvalue weighted by atomic mass is 35.5. The Labute approximate surface area is 200 Å². The Morgan fingerprint density at radius 1 is 0.879 bits per heavy atom. The molecule has 2 heterocycles. The molecule has 176 valence electrons. The second-order valence-electron chi connectivity index (χ2n) is 8.66. The van der Waals surface area contributed by atoms with Gasteiger partial charge >= 0.3 is 0 Å². The van der Waals surface area contributed by atoms with Gasteiger partial charge in [0.25, 0.3) is 0 Å². The molecule has 2 aromatic carbocycles. The molecule has 0 radical (unpaired) electrons. The van der Waals surface area contributed by atoms with Gasteiger partial charge in [0.05, 0.1) is 23.3 Å². The average molecular weight is 470 g/mol. The standard InChI is InChI=1S/C25H32ClN5O2/c1-20(25(33)31-17-15-30(16-18-31)21-7-3-2-4-8-21)29-13-11-28(12-14-29)19-24(32)27-23-10-6-5-9-22(23)26/h2-10,20H,11-19H2,1H3,(H,27,32). The maximum atomic E-state index is 13.1. The fourth-order valence-electron chi connectivity index (χ4n) is 4.51. The van der Waals surface area contributed by atoms with Crippen molar-refractivity contribution >= 4 is 34.8 Å². The van der Waals surface area contributed by atoms with Crippen LogP contribution in [0.5, 0.6) is 0 Å². The molecule has 1 unspecified atom stereocenters. The first-order chi connectivity index (χ1) is 16.0. The quantitative estimate of drug-likeness (QED) is 0.704. The minimum Gasteiger partial charge on any atom is -0.368 e. The molecule has 2 fully saturated rings. The van der Waals surface area contributed by atoms with E-state index in [0.717, 1.165) is 52.4 Å². The summed E-state index contributed by atoms with van der Waals surface area (Å²) in [6.45, 7) is 8.61. The Hall–Kier alpha value is -2.61. The first-order valence-corrected chi connectivity index (χ1v) is 12.0. The molecule has 2 amide bonds. The molecule has 2 aromatic rings. The van der Waals surface area contributed by atoms with Crippen molar-refractivity contribution in [2.75, 3.05) is 69.1 Å². The van der Waals surface area contributed by atoms with E-state index in [1.807, 2.05) is 30.0 Å². The number of halogens is 1. The minimum atomic E-state index is -0.146. The van der Waals surface area contributed by atoms with Gasteiger partial charge in [-0.2, -0.15) is 0 Å². The van der Waals surface area contributed by atoms with Gasteiger partial charge in [-0.25, -0.2) is 0 Å². The van der Waals surface area contributed by atoms with Crippen molar-refractivity contribution in [3.05, 3.63) is 59.6 Å². The number of carbonyl (C=O) groups is 2. The largest absolute Gasteiger partial charge is 0.368 e. The van der Waals surface area contributed by atoms with Crippen molar-refractivity contribution in [2.24, 2.45) is 0 Å². The lowest BCUT2D eigenvalue weighted by atomic mass is 10.1. The summed E-state index contributed by atoms with van der Waals surface area (Å²) < 4.78 is 0. The Kier molecular flexibility index (Phi) is 7.85. The van der Waals surface area contributed by atoms with Crippen molar-refractivity contribution in [1.29, 1.82) is 0 Å². The summed E-state index contributed by atoms with van der Waals surface area (Å²) in [4.78, 5) is 34.2. The number of nitrogens with one attached hydrogen (secondary N) is 1. The number of piperazine rings is 2. The van der Waals surface area contributed by atoms with Gasteiger partial charge in [-0.3, -0.25) is 19.4 Å². The molecule has 2 aliphatic rings. The van der Waals surface area contributed by atoms with Crippen LogP contribution < -0.4 is 10.2 Å². The summed E-state index contributed by atoms with van der Waals surface area (Å²) in [6, 6.07) is 17.5. The fourth-order valence-corrected chi connectivity index (χ4v) is 4.69. The number of rotatable bonds is 6. The highest BCUT2D eigenvalue weighted by molar-refractivity contribution is 6.33. The highest BCUT2D eigenvalue weighted by Gasteiger charge is 2.31. The molecule has 1 atom stereocenters. The van der Waals surface area contributed by atoms with Crippen LogP contribution in [0.2, 0.25) is 5.02 Å². The van der Waals surface area contributed by atoms with Gasteiger partial charge in [-0.15, -0.1) is 0 Å². The predicted octanol–water partition coefficient (Wildman–Crippen LogP) is 2.63. The number of anilines is 2. The lowest BCUT2D eigenvalue weighted by molar-refractivity contribution is -0.137. The molecule has 0 aliphatic carbocycles. The highest BCUT2D eigenvalue weighted by Crippen LogP contribution is 2.20. The van der Waals surface area contributed by atoms with Crippen molar-refractivity contribution in [3.8, 4) is 0 Å². The first kappa shape index (κ1) is 23.5. The van der Waals surface area contributed by atoms with Crippen LogP contribution >= 0.6 is 11.6 Å². The topological polar surface area (TPSA) is 59.1 Å². The monoisotopic (exact) mass is 469 g/mol. The molecular weight excluding hydrogens is 438 g/mol. The number of hydrogen-bond donors (Lipinski definition) is 1. The third kappa shape index (κ3) is 6.05. The predicted molar refractivity (Wildman–Crippen MR) is 133 cm³/mol. The van der Waals surface area contributed by atoms with Gasteiger partial charge in [-0.05, 0) is 31.2 Å². The second kappa shape index (κ2) is 11.0. The van der Waals surface area contributed by atoms with Crippen LogP contribution in [0.15, 0.2) is 54.6 Å². The Balaban J connectivity index is 1.20. The maximum absolute atomic E-state index is 13.1. The molecule has 0 bridgehead atoms. The molecule has 0 spiro atoms. The molecule has 0 saturated carbocycles. The number of para-hydroxylation sites is 2. The van der Waals surface area contributed by atoms with Gasteiger partial charge in [-0.1, -0.05) is 41.9 Å². The molecule has 2 aliphatic heterocycles. The summed E-state index contributed by atoms with van der Waals surface area (Å²) in [5, 5.41) is 3.41. The summed E-state index contributed by atoms with van der Waals surface area (Å²) >= 11 is 6.12. The van der Waals surface area contributed by atoms with E-state index < -0.39 is 0 Å². The molecule has 2 saturated heterocycles. The lowest BCUT2D eigenvalue weighted by Gasteiger charge is -2.41. The zero-order valence-electron chi connectivity index (χ0n) is 19.1. The van der Waals surface area contributed by atoms with Gasteiger partial charge in [0.2, 0.25) is 11.8 Å². The number of hydrogen-bond acceptors (Lipinski definition) is 5. The second-order valence-corrected chi connectivity index (χ2v) is 9.07. The smallest absolute Gasteiger partial charge is 0.239 e. The van der Waals surface area contributed by atoms with Crippen LogP contribution in [0, 0.1) is 0 Å². The van der Waals surface area contributed by atoms with Crippen LogP contribution in [0.25, 0.3) is 0 Å². The third-order valence-corrected chi connectivity index (χ3v) is 6.87. The average Bonchev–Trinajstić information content (AvgIpc) is 2.86. The molecular formula is C25H32ClN5O2. The van der Waals surface area contributed by atoms with E-state index in [-0.39, 0.29) is 17.9 Å². The Morgan fingerprint density at radius 3 is 2.18 bits per heavy atom. The van der Waals surface area contributed by atoms with E-state index in [2.05, 4.69) is 44.3 Å². The van der Waals surface area contributed by atoms with Crippen molar-refractivity contribution < 1.29 is 9.59 Å². The van der Waals surface area contributed by atoms with Gasteiger partial charge in [0, 0.05) is 58.0 Å². The lowest BCUT2D eigenvalue weighted by Crippen LogP contribution is -2.58. The molecule has 8 heteroatoms. The Morgan fingerprint density at radius 2 is 1.52 bits per heavy atom. The fraction of sp³-hybridized carbons (Fsp3) is 0.440. The molecule has 7 nitrogen and oxygen atoms in total. The minimum absolute atomic E-state index is 0.0723. The maximum Gasteiger partial charge on any atom is 0.239 e. The van der Waals surface area contributed by atoms with E-state index in [9.17, 15) is 9.59 Å². The zero-order valence-corrected chi connectivity index (χ0v) is 19.9. The summed E-state index contributed by atoms with van der Waals surface area (Å²) in [6.07, 6.45) is 0. The van der Waals surface area contributed by atoms with Crippen LogP contribution in [0.4, 0.5) is 11.4 Å². The van der Waals surface area contributed by atoms with E-state index in [1.165, 1.54) is 5.69 Å². The van der Waals surface area contributed by atoms with E-state index >= 15 is 0 Å². The van der Waals surface area contributed by atoms with E-state index in [1.54, 1.807) is 12.1 Å². The van der Waals surface area contributed by atoms with Gasteiger partial charge in [0.1, 0.15) is 0 Å². The van der Waals surface area contributed by atoms with E-state index in [4.69, 9.17) is 11.6 Å². The Bertz CT molecular complexity index is 941. The van der Waals surface area contributed by atoms with Crippen molar-refractivity contribution in [1.82, 2.24) is 14.7 Å². The molecule has 33 heavy (non-hydrogen) atoms. The van der Waals surface area contributed by atoms with E-state index in [0.29, 0.717) is 17.3 Å². The number of carbonyl (C=O) groups excluding carboxylic acids is 2. The number of nitrogens with zero attached hydrogens (tertiary/aromatic N) is 4. The summed E-state index contributed by atoms with van der Waals surface area (Å²) in [5.41, 5.74) is 1.85. The van der Waals surface area contributed by atoms with Crippen molar-refractivity contribution in [3.63, 3.8) is 0 Å². The summed E-state index contributed by atoms with van der Waals surface area (Å²) in [7, 11) is 0. The molecule has 4 rings (SSSR count). The number of amides is 2. The van der Waals surface area contributed by atoms with Crippen molar-refractivity contribution in [2.45, 2.75) is 13.0 Å². The first-order valence-electron chi connectivity index (χ1n) is 11.6. The third-order valence-electron chi connectivity index (χ3n) is 6.54. The zero-order chi connectivity index (χ0) is 23.2. The number of benzene rings is 2. The normalized spacial score (nSPS) is 18.7.